The summed E-state index contributed by atoms with van der Waals surface area (Å²) in [5.74, 6) is 6.59. The lowest BCUT2D eigenvalue weighted by Gasteiger charge is -2.00. The first-order valence-corrected chi connectivity index (χ1v) is 4.38. The van der Waals surface area contributed by atoms with Crippen LogP contribution in [0.4, 0.5) is 0 Å². The van der Waals surface area contributed by atoms with Crippen molar-refractivity contribution in [2.75, 3.05) is 7.11 Å². The van der Waals surface area contributed by atoms with Crippen LogP contribution in [0, 0.1) is 23.2 Å². The van der Waals surface area contributed by atoms with E-state index >= 15 is 0 Å². The maximum absolute atomic E-state index is 8.75. The van der Waals surface area contributed by atoms with Gasteiger partial charge < -0.3 is 4.74 Å². The molecule has 70 valence electrons. The molecule has 2 heteroatoms. The number of nitriles is 1. The number of nitrogens with zero attached hydrogens (tertiary/aromatic N) is 1. The summed E-state index contributed by atoms with van der Waals surface area (Å²) in [6, 6.07) is 7.34. The van der Waals surface area contributed by atoms with Crippen molar-refractivity contribution < 1.29 is 4.74 Å². The Balaban J connectivity index is 3.12. The third kappa shape index (κ3) is 2.54. The highest BCUT2D eigenvalue weighted by atomic mass is 16.5. The van der Waals surface area contributed by atoms with E-state index in [2.05, 4.69) is 17.9 Å². The van der Waals surface area contributed by atoms with Crippen molar-refractivity contribution >= 4 is 0 Å². The van der Waals surface area contributed by atoms with Crippen molar-refractivity contribution in [3.8, 4) is 23.7 Å². The van der Waals surface area contributed by atoms with Crippen LogP contribution in [0.5, 0.6) is 5.75 Å². The fourth-order valence-corrected chi connectivity index (χ4v) is 1.04. The Kier molecular flexibility index (Phi) is 3.58. The van der Waals surface area contributed by atoms with Gasteiger partial charge in [-0.25, -0.2) is 0 Å². The molecule has 0 amide bonds. The van der Waals surface area contributed by atoms with Crippen LogP contribution in [-0.4, -0.2) is 7.11 Å². The fourth-order valence-electron chi connectivity index (χ4n) is 1.04. The van der Waals surface area contributed by atoms with Gasteiger partial charge in [0.1, 0.15) is 5.75 Å². The number of rotatable bonds is 1. The van der Waals surface area contributed by atoms with E-state index in [1.165, 1.54) is 0 Å². The molecule has 1 aromatic carbocycles. The van der Waals surface area contributed by atoms with Gasteiger partial charge in [0.25, 0.3) is 0 Å². The molecule has 0 atom stereocenters. The van der Waals surface area contributed by atoms with Crippen LogP contribution < -0.4 is 4.74 Å². The van der Waals surface area contributed by atoms with Crippen molar-refractivity contribution in [3.63, 3.8) is 0 Å². The van der Waals surface area contributed by atoms with E-state index < -0.39 is 0 Å². The van der Waals surface area contributed by atoms with E-state index in [1.807, 2.05) is 13.0 Å². The third-order valence-electron chi connectivity index (χ3n) is 1.68. The lowest BCUT2D eigenvalue weighted by atomic mass is 10.1. The Morgan fingerprint density at radius 2 is 2.00 bits per heavy atom. The van der Waals surface area contributed by atoms with Gasteiger partial charge in [-0.05, 0) is 18.2 Å². The molecule has 0 aliphatic rings. The van der Waals surface area contributed by atoms with Crippen LogP contribution in [0.3, 0.4) is 0 Å². The standard InChI is InChI=1S/C12H11NO/c1-3-4-5-10-6-11(9-13)8-12(7-10)14-2/h6-8H,3H2,1-2H3. The molecule has 0 radical (unpaired) electrons. The summed E-state index contributed by atoms with van der Waals surface area (Å²) in [4.78, 5) is 0. The molecular weight excluding hydrogens is 174 g/mol. The molecule has 0 unspecified atom stereocenters. The van der Waals surface area contributed by atoms with Gasteiger partial charge in [0.05, 0.1) is 18.7 Å². The maximum Gasteiger partial charge on any atom is 0.121 e. The average molecular weight is 185 g/mol. The zero-order chi connectivity index (χ0) is 10.4. The lowest BCUT2D eigenvalue weighted by Crippen LogP contribution is -1.86. The monoisotopic (exact) mass is 185 g/mol. The van der Waals surface area contributed by atoms with E-state index in [0.717, 1.165) is 12.0 Å². The summed E-state index contributed by atoms with van der Waals surface area (Å²) in [5, 5.41) is 8.75. The normalized spacial score (nSPS) is 8.36. The quantitative estimate of drug-likeness (QED) is 0.629. The number of ether oxygens (including phenoxy) is 1. The summed E-state index contributed by atoms with van der Waals surface area (Å²) in [6.45, 7) is 1.98. The highest BCUT2D eigenvalue weighted by molar-refractivity contribution is 5.47. The first-order chi connectivity index (χ1) is 6.80. The fraction of sp³-hybridized carbons (Fsp3) is 0.250. The second-order valence-corrected chi connectivity index (χ2v) is 2.72. The summed E-state index contributed by atoms with van der Waals surface area (Å²) in [5.41, 5.74) is 1.40. The van der Waals surface area contributed by atoms with Gasteiger partial charge in [-0.2, -0.15) is 5.26 Å². The molecule has 14 heavy (non-hydrogen) atoms. The molecule has 0 aromatic heterocycles. The molecular formula is C12H11NO. The highest BCUT2D eigenvalue weighted by Gasteiger charge is 1.98. The smallest absolute Gasteiger partial charge is 0.121 e. The summed E-state index contributed by atoms with van der Waals surface area (Å²) < 4.78 is 5.06. The molecule has 0 fully saturated rings. The third-order valence-corrected chi connectivity index (χ3v) is 1.68. The van der Waals surface area contributed by atoms with Gasteiger partial charge in [0, 0.05) is 12.0 Å². The van der Waals surface area contributed by atoms with E-state index in [9.17, 15) is 0 Å². The van der Waals surface area contributed by atoms with Crippen LogP contribution in [0.25, 0.3) is 0 Å². The zero-order valence-electron chi connectivity index (χ0n) is 8.29. The lowest BCUT2D eigenvalue weighted by molar-refractivity contribution is 0.414. The van der Waals surface area contributed by atoms with Crippen molar-refractivity contribution in [3.05, 3.63) is 29.3 Å². The first-order valence-electron chi connectivity index (χ1n) is 4.38. The zero-order valence-corrected chi connectivity index (χ0v) is 8.29. The molecule has 0 spiro atoms. The Morgan fingerprint density at radius 3 is 2.57 bits per heavy atom. The summed E-state index contributed by atoms with van der Waals surface area (Å²) >= 11 is 0. The topological polar surface area (TPSA) is 33.0 Å². The highest BCUT2D eigenvalue weighted by Crippen LogP contribution is 2.15. The van der Waals surface area contributed by atoms with Gasteiger partial charge in [-0.15, -0.1) is 0 Å². The predicted molar refractivity (Wildman–Crippen MR) is 54.9 cm³/mol. The molecule has 0 aliphatic carbocycles. The Morgan fingerprint density at radius 1 is 1.29 bits per heavy atom. The molecule has 1 rings (SSSR count). The van der Waals surface area contributed by atoms with Gasteiger partial charge in [-0.1, -0.05) is 18.8 Å². The minimum absolute atomic E-state index is 0.574. The summed E-state index contributed by atoms with van der Waals surface area (Å²) in [7, 11) is 1.58. The minimum Gasteiger partial charge on any atom is -0.497 e. The Labute approximate surface area is 84.1 Å². The van der Waals surface area contributed by atoms with E-state index in [1.54, 1.807) is 19.2 Å². The van der Waals surface area contributed by atoms with E-state index in [4.69, 9.17) is 10.00 Å². The molecule has 0 aliphatic heterocycles. The second-order valence-electron chi connectivity index (χ2n) is 2.72. The summed E-state index contributed by atoms with van der Waals surface area (Å²) in [6.07, 6.45) is 0.805. The van der Waals surface area contributed by atoms with Crippen molar-refractivity contribution in [2.45, 2.75) is 13.3 Å². The van der Waals surface area contributed by atoms with Gasteiger partial charge in [0.2, 0.25) is 0 Å². The van der Waals surface area contributed by atoms with Crippen LogP contribution in [0.1, 0.15) is 24.5 Å². The number of hydrogen-bond acceptors (Lipinski definition) is 2. The molecule has 2 nitrogen and oxygen atoms in total. The van der Waals surface area contributed by atoms with Gasteiger partial charge in [0.15, 0.2) is 0 Å². The molecule has 1 aromatic rings. The molecule has 0 saturated heterocycles. The molecule has 0 bridgehead atoms. The predicted octanol–water partition coefficient (Wildman–Crippen LogP) is 2.33. The van der Waals surface area contributed by atoms with E-state index in [0.29, 0.717) is 11.3 Å². The minimum atomic E-state index is 0.574. The van der Waals surface area contributed by atoms with E-state index in [-0.39, 0.29) is 0 Å². The van der Waals surface area contributed by atoms with Crippen molar-refractivity contribution in [1.29, 1.82) is 5.26 Å². The van der Waals surface area contributed by atoms with Gasteiger partial charge >= 0.3 is 0 Å². The van der Waals surface area contributed by atoms with Crippen LogP contribution >= 0.6 is 0 Å². The molecule has 0 heterocycles. The average Bonchev–Trinajstić information content (AvgIpc) is 2.25. The molecule has 0 saturated carbocycles. The largest absolute Gasteiger partial charge is 0.497 e. The van der Waals surface area contributed by atoms with Crippen LogP contribution in [0.15, 0.2) is 18.2 Å². The first kappa shape index (κ1) is 10.2. The number of benzene rings is 1. The second kappa shape index (κ2) is 4.94. The Bertz CT molecular complexity index is 418. The SMILES string of the molecule is CCC#Cc1cc(C#N)cc(OC)c1. The Hall–Kier alpha value is -1.93. The van der Waals surface area contributed by atoms with Crippen molar-refractivity contribution in [2.24, 2.45) is 0 Å². The molecule has 0 N–H and O–H groups in total. The van der Waals surface area contributed by atoms with Crippen LogP contribution in [0.2, 0.25) is 0 Å². The van der Waals surface area contributed by atoms with Crippen molar-refractivity contribution in [1.82, 2.24) is 0 Å². The van der Waals surface area contributed by atoms with Gasteiger partial charge in [-0.3, -0.25) is 0 Å². The number of methoxy groups -OCH3 is 1. The van der Waals surface area contributed by atoms with Crippen LogP contribution in [-0.2, 0) is 0 Å². The maximum atomic E-state index is 8.75. The number of hydrogen-bond donors (Lipinski definition) is 0.